The number of ether oxygens (including phenoxy) is 3. The van der Waals surface area contributed by atoms with E-state index in [0.717, 1.165) is 16.0 Å². The summed E-state index contributed by atoms with van der Waals surface area (Å²) in [5.74, 6) is 0.696. The van der Waals surface area contributed by atoms with Crippen LogP contribution in [-0.2, 0) is 9.59 Å². The van der Waals surface area contributed by atoms with Crippen LogP contribution in [0, 0.1) is 13.8 Å². The van der Waals surface area contributed by atoms with Crippen LogP contribution in [0.5, 0.6) is 17.2 Å². The van der Waals surface area contributed by atoms with Crippen molar-refractivity contribution in [3.05, 3.63) is 57.8 Å². The second kappa shape index (κ2) is 10.2. The topological polar surface area (TPSA) is 89.5 Å². The summed E-state index contributed by atoms with van der Waals surface area (Å²) in [7, 11) is 4.52. The minimum Gasteiger partial charge on any atom is -0.493 e. The van der Waals surface area contributed by atoms with Gasteiger partial charge in [-0.2, -0.15) is 0 Å². The number of aryl methyl sites for hydroxylation is 2. The van der Waals surface area contributed by atoms with Gasteiger partial charge in [-0.1, -0.05) is 6.07 Å². The Morgan fingerprint density at radius 2 is 1.74 bits per heavy atom. The highest BCUT2D eigenvalue weighted by Crippen LogP contribution is 2.40. The summed E-state index contributed by atoms with van der Waals surface area (Å²) in [4.78, 5) is 33.7. The number of carbonyl (C=O) groups excluding carboxylic acids is 2. The van der Waals surface area contributed by atoms with Gasteiger partial charge in [-0.3, -0.25) is 9.59 Å². The lowest BCUT2D eigenvalue weighted by atomic mass is 10.1. The number of nitrogens with zero attached hydrogens (tertiary/aromatic N) is 2. The molecule has 2 aromatic carbocycles. The summed E-state index contributed by atoms with van der Waals surface area (Å²) < 4.78 is 16.1. The third kappa shape index (κ3) is 5.00. The van der Waals surface area contributed by atoms with Crippen molar-refractivity contribution in [3.63, 3.8) is 0 Å². The SMILES string of the molecule is COc1cc(NC(=O)CN2C(=O)CC(c3cccs3)=Nc3cc(C)c(C)cc32)cc(OC)c1OC. The van der Waals surface area contributed by atoms with Gasteiger partial charge in [0.25, 0.3) is 0 Å². The molecule has 4 rings (SSSR count). The summed E-state index contributed by atoms with van der Waals surface area (Å²) in [6.45, 7) is 3.81. The lowest BCUT2D eigenvalue weighted by molar-refractivity contribution is -0.120. The number of benzene rings is 2. The fourth-order valence-corrected chi connectivity index (χ4v) is 4.62. The molecule has 3 aromatic rings. The second-order valence-electron chi connectivity index (χ2n) is 8.08. The third-order valence-electron chi connectivity index (χ3n) is 5.81. The molecule has 1 aliphatic rings. The van der Waals surface area contributed by atoms with E-state index >= 15 is 0 Å². The Kier molecular flexibility index (Phi) is 7.07. The maximum atomic E-state index is 13.4. The highest BCUT2D eigenvalue weighted by atomic mass is 32.1. The molecule has 0 atom stereocenters. The van der Waals surface area contributed by atoms with E-state index in [2.05, 4.69) is 5.32 Å². The van der Waals surface area contributed by atoms with Gasteiger partial charge >= 0.3 is 0 Å². The molecule has 0 unspecified atom stereocenters. The largest absolute Gasteiger partial charge is 0.493 e. The summed E-state index contributed by atoms with van der Waals surface area (Å²) >= 11 is 1.53. The van der Waals surface area contributed by atoms with Crippen LogP contribution < -0.4 is 24.4 Å². The molecule has 0 spiro atoms. The highest BCUT2D eigenvalue weighted by molar-refractivity contribution is 7.12. The number of anilines is 2. The zero-order valence-electron chi connectivity index (χ0n) is 20.3. The van der Waals surface area contributed by atoms with Crippen LogP contribution in [0.2, 0.25) is 0 Å². The molecule has 0 radical (unpaired) electrons. The Morgan fingerprint density at radius 3 is 2.34 bits per heavy atom. The average molecular weight is 494 g/mol. The molecule has 2 heterocycles. The summed E-state index contributed by atoms with van der Waals surface area (Å²) in [6, 6.07) is 11.0. The summed E-state index contributed by atoms with van der Waals surface area (Å²) in [6.07, 6.45) is 0.102. The van der Waals surface area contributed by atoms with E-state index in [1.165, 1.54) is 37.6 Å². The van der Waals surface area contributed by atoms with Crippen LogP contribution in [0.25, 0.3) is 0 Å². The predicted octanol–water partition coefficient (Wildman–Crippen LogP) is 4.89. The summed E-state index contributed by atoms with van der Waals surface area (Å²) in [5, 5.41) is 4.80. The Labute approximate surface area is 208 Å². The number of aliphatic imine (C=N–C) groups is 1. The number of fused-ring (bicyclic) bond motifs is 1. The van der Waals surface area contributed by atoms with Gasteiger partial charge in [-0.25, -0.2) is 4.99 Å². The van der Waals surface area contributed by atoms with Gasteiger partial charge in [0, 0.05) is 22.7 Å². The monoisotopic (exact) mass is 493 g/mol. The average Bonchev–Trinajstić information content (AvgIpc) is 3.34. The number of nitrogens with one attached hydrogen (secondary N) is 1. The van der Waals surface area contributed by atoms with E-state index in [1.807, 2.05) is 43.5 Å². The van der Waals surface area contributed by atoms with Crippen molar-refractivity contribution in [2.45, 2.75) is 20.3 Å². The summed E-state index contributed by atoms with van der Waals surface area (Å²) in [5.41, 5.74) is 4.52. The predicted molar refractivity (Wildman–Crippen MR) is 138 cm³/mol. The third-order valence-corrected chi connectivity index (χ3v) is 6.73. The normalized spacial score (nSPS) is 13.0. The minimum absolute atomic E-state index is 0.102. The fourth-order valence-electron chi connectivity index (χ4n) is 3.91. The van der Waals surface area contributed by atoms with E-state index < -0.39 is 0 Å². The van der Waals surface area contributed by atoms with Crippen LogP contribution in [0.3, 0.4) is 0 Å². The van der Waals surface area contributed by atoms with Gasteiger partial charge in [-0.15, -0.1) is 11.3 Å². The molecule has 0 aliphatic carbocycles. The molecule has 1 aromatic heterocycles. The maximum Gasteiger partial charge on any atom is 0.244 e. The minimum atomic E-state index is -0.364. The lowest BCUT2D eigenvalue weighted by Gasteiger charge is -2.23. The van der Waals surface area contributed by atoms with Crippen LogP contribution >= 0.6 is 11.3 Å². The molecule has 8 nitrogen and oxygen atoms in total. The van der Waals surface area contributed by atoms with Crippen LogP contribution in [0.1, 0.15) is 22.4 Å². The molecular formula is C26H27N3O5S. The van der Waals surface area contributed by atoms with Crippen molar-refractivity contribution in [3.8, 4) is 17.2 Å². The van der Waals surface area contributed by atoms with E-state index in [-0.39, 0.29) is 24.8 Å². The molecule has 2 amide bonds. The number of rotatable bonds is 7. The van der Waals surface area contributed by atoms with Crippen molar-refractivity contribution in [1.82, 2.24) is 0 Å². The molecule has 0 saturated carbocycles. The fraction of sp³-hybridized carbons (Fsp3) is 0.269. The van der Waals surface area contributed by atoms with Crippen LogP contribution in [-0.4, -0.2) is 45.4 Å². The number of carbonyl (C=O) groups is 2. The first kappa shape index (κ1) is 24.3. The van der Waals surface area contributed by atoms with Gasteiger partial charge in [0.15, 0.2) is 11.5 Å². The first-order valence-corrected chi connectivity index (χ1v) is 11.9. The second-order valence-corrected chi connectivity index (χ2v) is 9.03. The molecule has 1 N–H and O–H groups in total. The zero-order valence-corrected chi connectivity index (χ0v) is 21.1. The molecule has 0 bridgehead atoms. The Hall–Kier alpha value is -3.85. The van der Waals surface area contributed by atoms with Crippen LogP contribution in [0.15, 0.2) is 46.8 Å². The Morgan fingerprint density at radius 1 is 1.06 bits per heavy atom. The van der Waals surface area contributed by atoms with Crippen molar-refractivity contribution in [1.29, 1.82) is 0 Å². The van der Waals surface area contributed by atoms with Crippen molar-refractivity contribution >= 4 is 45.9 Å². The first-order chi connectivity index (χ1) is 16.8. The molecule has 0 saturated heterocycles. The van der Waals surface area contributed by atoms with Crippen molar-refractivity contribution < 1.29 is 23.8 Å². The standard InChI is InChI=1S/C26H27N3O5S/c1-15-9-18-20(10-16(15)2)29(25(31)13-19(28-18)23-7-6-8-35-23)14-24(30)27-17-11-21(32-3)26(34-5)22(12-17)33-4/h6-12H,13-14H2,1-5H3,(H,27,30). The van der Waals surface area contributed by atoms with Gasteiger partial charge in [0.2, 0.25) is 17.6 Å². The van der Waals surface area contributed by atoms with Gasteiger partial charge in [-0.05, 0) is 48.6 Å². The highest BCUT2D eigenvalue weighted by Gasteiger charge is 2.28. The smallest absolute Gasteiger partial charge is 0.244 e. The number of thiophene rings is 1. The number of hydrogen-bond acceptors (Lipinski definition) is 7. The van der Waals surface area contributed by atoms with Gasteiger partial charge in [0.05, 0.1) is 44.8 Å². The Bertz CT molecular complexity index is 1280. The number of methoxy groups -OCH3 is 3. The number of amides is 2. The molecule has 1 aliphatic heterocycles. The number of hydrogen-bond donors (Lipinski definition) is 1. The molecule has 9 heteroatoms. The molecule has 0 fully saturated rings. The van der Waals surface area contributed by atoms with Crippen molar-refractivity contribution in [2.24, 2.45) is 4.99 Å². The van der Waals surface area contributed by atoms with E-state index in [4.69, 9.17) is 19.2 Å². The van der Waals surface area contributed by atoms with E-state index in [0.29, 0.717) is 40.0 Å². The quantitative estimate of drug-likeness (QED) is 0.506. The molecular weight excluding hydrogens is 466 g/mol. The van der Waals surface area contributed by atoms with Crippen molar-refractivity contribution in [2.75, 3.05) is 38.1 Å². The maximum absolute atomic E-state index is 13.4. The van der Waals surface area contributed by atoms with E-state index in [1.54, 1.807) is 12.1 Å². The van der Waals surface area contributed by atoms with Gasteiger partial charge < -0.3 is 24.4 Å². The van der Waals surface area contributed by atoms with Gasteiger partial charge in [0.1, 0.15) is 6.54 Å². The Balaban J connectivity index is 1.64. The first-order valence-electron chi connectivity index (χ1n) is 11.0. The zero-order chi connectivity index (χ0) is 25.1. The molecule has 35 heavy (non-hydrogen) atoms. The lowest BCUT2D eigenvalue weighted by Crippen LogP contribution is -2.38. The molecule has 182 valence electrons. The van der Waals surface area contributed by atoms with Crippen LogP contribution in [0.4, 0.5) is 17.1 Å². The van der Waals surface area contributed by atoms with E-state index in [9.17, 15) is 9.59 Å².